The predicted molar refractivity (Wildman–Crippen MR) is 63.4 cm³/mol. The molecule has 0 unspecified atom stereocenters. The first-order valence-electron chi connectivity index (χ1n) is 5.11. The highest BCUT2D eigenvalue weighted by molar-refractivity contribution is 5.76. The first-order valence-corrected chi connectivity index (χ1v) is 5.11. The summed E-state index contributed by atoms with van der Waals surface area (Å²) in [5.41, 5.74) is 5.75. The van der Waals surface area contributed by atoms with Crippen molar-refractivity contribution in [2.45, 2.75) is 6.42 Å². The van der Waals surface area contributed by atoms with E-state index in [1.807, 2.05) is 0 Å². The van der Waals surface area contributed by atoms with Gasteiger partial charge in [0.15, 0.2) is 0 Å². The van der Waals surface area contributed by atoms with Crippen LogP contribution in [0.15, 0.2) is 48.5 Å². The molecule has 0 saturated carbocycles. The van der Waals surface area contributed by atoms with E-state index in [-0.39, 0.29) is 6.47 Å². The smallest absolute Gasteiger partial charge is 0.290 e. The monoisotopic (exact) mass is 212 g/mol. The van der Waals surface area contributed by atoms with Gasteiger partial charge in [-0.05, 0) is 28.7 Å². The lowest BCUT2D eigenvalue weighted by Crippen LogP contribution is -1.77. The van der Waals surface area contributed by atoms with E-state index in [9.17, 15) is 0 Å². The molecular weight excluding hydrogens is 200 g/mol. The summed E-state index contributed by atoms with van der Waals surface area (Å²) < 4.78 is 0. The Bertz CT molecular complexity index is 460. The van der Waals surface area contributed by atoms with Crippen LogP contribution in [-0.2, 0) is 11.2 Å². The van der Waals surface area contributed by atoms with Gasteiger partial charge in [-0.1, -0.05) is 48.5 Å². The maximum Gasteiger partial charge on any atom is 0.290 e. The molecule has 16 heavy (non-hydrogen) atoms. The molecule has 0 radical (unpaired) electrons. The van der Waals surface area contributed by atoms with Crippen LogP contribution < -0.4 is 0 Å². The van der Waals surface area contributed by atoms with Gasteiger partial charge in [-0.25, -0.2) is 0 Å². The van der Waals surface area contributed by atoms with Crippen LogP contribution in [0.3, 0.4) is 0 Å². The lowest BCUT2D eigenvalue weighted by Gasteiger charge is -1.98. The molecule has 0 bridgehead atoms. The summed E-state index contributed by atoms with van der Waals surface area (Å²) in [5.74, 6) is 0. The molecule has 1 aliphatic rings. The van der Waals surface area contributed by atoms with Crippen LogP contribution in [0.25, 0.3) is 11.1 Å². The number of carbonyl (C=O) groups is 1. The molecule has 3 rings (SSSR count). The Hall–Kier alpha value is -2.09. The van der Waals surface area contributed by atoms with E-state index in [4.69, 9.17) is 9.90 Å². The number of rotatable bonds is 0. The van der Waals surface area contributed by atoms with Crippen LogP contribution in [0, 0.1) is 0 Å². The summed E-state index contributed by atoms with van der Waals surface area (Å²) >= 11 is 0. The van der Waals surface area contributed by atoms with Gasteiger partial charge in [-0.15, -0.1) is 0 Å². The summed E-state index contributed by atoms with van der Waals surface area (Å²) in [7, 11) is 0. The second-order valence-corrected chi connectivity index (χ2v) is 3.60. The highest BCUT2D eigenvalue weighted by Crippen LogP contribution is 2.35. The zero-order valence-electron chi connectivity index (χ0n) is 8.76. The van der Waals surface area contributed by atoms with Crippen molar-refractivity contribution in [3.63, 3.8) is 0 Å². The fourth-order valence-corrected chi connectivity index (χ4v) is 2.08. The molecule has 0 heterocycles. The largest absolute Gasteiger partial charge is 0.483 e. The number of fused-ring (bicyclic) bond motifs is 3. The average Bonchev–Trinajstić information content (AvgIpc) is 2.68. The van der Waals surface area contributed by atoms with Crippen LogP contribution in [-0.4, -0.2) is 11.6 Å². The minimum Gasteiger partial charge on any atom is -0.483 e. The Morgan fingerprint density at radius 1 is 0.875 bits per heavy atom. The Labute approximate surface area is 94.2 Å². The van der Waals surface area contributed by atoms with Crippen molar-refractivity contribution in [3.05, 3.63) is 59.7 Å². The molecule has 80 valence electrons. The van der Waals surface area contributed by atoms with Crippen molar-refractivity contribution in [1.82, 2.24) is 0 Å². The van der Waals surface area contributed by atoms with E-state index >= 15 is 0 Å². The summed E-state index contributed by atoms with van der Waals surface area (Å²) in [6, 6.07) is 17.3. The normalized spacial score (nSPS) is 10.8. The van der Waals surface area contributed by atoms with E-state index in [2.05, 4.69) is 48.5 Å². The van der Waals surface area contributed by atoms with Crippen molar-refractivity contribution in [3.8, 4) is 11.1 Å². The third-order valence-corrected chi connectivity index (χ3v) is 2.71. The van der Waals surface area contributed by atoms with Gasteiger partial charge >= 0.3 is 0 Å². The van der Waals surface area contributed by atoms with E-state index in [0.717, 1.165) is 6.42 Å². The fourth-order valence-electron chi connectivity index (χ4n) is 2.08. The van der Waals surface area contributed by atoms with Gasteiger partial charge in [-0.2, -0.15) is 0 Å². The molecule has 1 N–H and O–H groups in total. The molecular formula is C14H12O2. The van der Waals surface area contributed by atoms with Gasteiger partial charge < -0.3 is 5.11 Å². The molecule has 2 nitrogen and oxygen atoms in total. The Morgan fingerprint density at radius 3 is 1.69 bits per heavy atom. The van der Waals surface area contributed by atoms with Crippen LogP contribution in [0.4, 0.5) is 0 Å². The summed E-state index contributed by atoms with van der Waals surface area (Å²) in [6.45, 7) is -0.250. The molecule has 0 aromatic heterocycles. The minimum atomic E-state index is -0.250. The Morgan fingerprint density at radius 2 is 1.25 bits per heavy atom. The van der Waals surface area contributed by atoms with Gasteiger partial charge in [0, 0.05) is 0 Å². The first kappa shape index (κ1) is 10.4. The highest BCUT2D eigenvalue weighted by atomic mass is 16.3. The van der Waals surface area contributed by atoms with Gasteiger partial charge in [0.05, 0.1) is 0 Å². The number of benzene rings is 2. The summed E-state index contributed by atoms with van der Waals surface area (Å²) in [4.78, 5) is 8.36. The summed E-state index contributed by atoms with van der Waals surface area (Å²) in [6.07, 6.45) is 1.10. The summed E-state index contributed by atoms with van der Waals surface area (Å²) in [5, 5.41) is 6.89. The first-order chi connectivity index (χ1) is 7.86. The molecule has 1 aliphatic carbocycles. The van der Waals surface area contributed by atoms with E-state index in [1.165, 1.54) is 22.3 Å². The van der Waals surface area contributed by atoms with Crippen molar-refractivity contribution >= 4 is 6.47 Å². The second kappa shape index (κ2) is 4.62. The SMILES string of the molecule is O=CO.c1ccc2c(c1)Cc1ccccc1-2. The molecule has 0 amide bonds. The van der Waals surface area contributed by atoms with E-state index in [0.29, 0.717) is 0 Å². The van der Waals surface area contributed by atoms with Crippen LogP contribution >= 0.6 is 0 Å². The Balaban J connectivity index is 0.000000292. The molecule has 0 fully saturated rings. The van der Waals surface area contributed by atoms with Gasteiger partial charge in [0.25, 0.3) is 6.47 Å². The van der Waals surface area contributed by atoms with Crippen LogP contribution in [0.2, 0.25) is 0 Å². The fraction of sp³-hybridized carbons (Fsp3) is 0.0714. The maximum absolute atomic E-state index is 8.36. The van der Waals surface area contributed by atoms with Gasteiger partial charge in [0.2, 0.25) is 0 Å². The van der Waals surface area contributed by atoms with Crippen molar-refractivity contribution in [1.29, 1.82) is 0 Å². The zero-order chi connectivity index (χ0) is 11.4. The van der Waals surface area contributed by atoms with Crippen molar-refractivity contribution < 1.29 is 9.90 Å². The zero-order valence-corrected chi connectivity index (χ0v) is 8.76. The minimum absolute atomic E-state index is 0.250. The molecule has 2 aromatic carbocycles. The van der Waals surface area contributed by atoms with Gasteiger partial charge in [0.1, 0.15) is 0 Å². The number of hydrogen-bond donors (Lipinski definition) is 1. The third kappa shape index (κ3) is 1.82. The van der Waals surface area contributed by atoms with E-state index in [1.54, 1.807) is 0 Å². The molecule has 2 aromatic rings. The standard InChI is InChI=1S/C13H10.CH2O2/c1-3-7-12-10(5-1)9-11-6-2-4-8-13(11)12;2-1-3/h1-8H,9H2;1H,(H,2,3). The quantitative estimate of drug-likeness (QED) is 0.582. The molecule has 0 atom stereocenters. The number of hydrogen-bond acceptors (Lipinski definition) is 1. The van der Waals surface area contributed by atoms with Crippen molar-refractivity contribution in [2.75, 3.05) is 0 Å². The topological polar surface area (TPSA) is 37.3 Å². The lowest BCUT2D eigenvalue weighted by molar-refractivity contribution is -0.122. The lowest BCUT2D eigenvalue weighted by atomic mass is 10.1. The molecule has 0 saturated heterocycles. The predicted octanol–water partition coefficient (Wildman–Crippen LogP) is 2.96. The van der Waals surface area contributed by atoms with Crippen LogP contribution in [0.5, 0.6) is 0 Å². The van der Waals surface area contributed by atoms with Gasteiger partial charge in [-0.3, -0.25) is 4.79 Å². The second-order valence-electron chi connectivity index (χ2n) is 3.60. The highest BCUT2D eigenvalue weighted by Gasteiger charge is 2.15. The molecule has 2 heteroatoms. The van der Waals surface area contributed by atoms with Crippen LogP contribution in [0.1, 0.15) is 11.1 Å². The molecule has 0 spiro atoms. The number of carboxylic acid groups (broad SMARTS) is 1. The van der Waals surface area contributed by atoms with E-state index < -0.39 is 0 Å². The van der Waals surface area contributed by atoms with Crippen molar-refractivity contribution in [2.24, 2.45) is 0 Å². The third-order valence-electron chi connectivity index (χ3n) is 2.71. The molecule has 0 aliphatic heterocycles. The average molecular weight is 212 g/mol. The Kier molecular flexibility index (Phi) is 3.01. The maximum atomic E-state index is 8.36.